The molecule has 0 atom stereocenters. The molecule has 1 aliphatic heterocycles. The predicted molar refractivity (Wildman–Crippen MR) is 126 cm³/mol. The van der Waals surface area contributed by atoms with Gasteiger partial charge in [0, 0.05) is 18.2 Å². The molecule has 0 spiro atoms. The van der Waals surface area contributed by atoms with E-state index in [1.807, 2.05) is 0 Å². The van der Waals surface area contributed by atoms with Gasteiger partial charge in [-0.05, 0) is 60.7 Å². The van der Waals surface area contributed by atoms with E-state index in [1.165, 1.54) is 56.5 Å². The monoisotopic (exact) mass is 490 g/mol. The summed E-state index contributed by atoms with van der Waals surface area (Å²) in [7, 11) is 1.29. The second kappa shape index (κ2) is 9.79. The van der Waals surface area contributed by atoms with Crippen LogP contribution in [0.5, 0.6) is 5.75 Å². The number of methoxy groups -OCH3 is 1. The van der Waals surface area contributed by atoms with Crippen molar-refractivity contribution in [2.45, 2.75) is 6.92 Å². The number of rotatable bonds is 7. The Bertz CT molecular complexity index is 1420. The van der Waals surface area contributed by atoms with Crippen molar-refractivity contribution in [2.24, 2.45) is 0 Å². The Morgan fingerprint density at radius 3 is 2.19 bits per heavy atom. The summed E-state index contributed by atoms with van der Waals surface area (Å²) >= 11 is 0. The number of nitrogens with zero attached hydrogens (tertiary/aromatic N) is 1. The molecule has 10 heteroatoms. The normalized spacial score (nSPS) is 12.2. The Hall–Kier alpha value is -4.86. The number of Topliss-reactive ketones (excluding diaryl/α,β-unsaturated/α-hetero) is 1. The van der Waals surface area contributed by atoms with E-state index in [9.17, 15) is 28.4 Å². The van der Waals surface area contributed by atoms with Crippen LogP contribution in [0.2, 0.25) is 0 Å². The zero-order chi connectivity index (χ0) is 26.0. The van der Waals surface area contributed by atoms with E-state index in [2.05, 4.69) is 5.32 Å². The molecule has 3 amide bonds. The molecule has 1 aliphatic rings. The lowest BCUT2D eigenvalue weighted by atomic mass is 10.1. The third-order valence-corrected chi connectivity index (χ3v) is 5.38. The number of hydrogen-bond acceptors (Lipinski definition) is 7. The Kier molecular flexibility index (Phi) is 6.60. The summed E-state index contributed by atoms with van der Waals surface area (Å²) in [5, 5.41) is 2.59. The Labute approximate surface area is 204 Å². The molecule has 3 aromatic carbocycles. The number of halogens is 1. The van der Waals surface area contributed by atoms with Crippen LogP contribution in [0, 0.1) is 5.82 Å². The topological polar surface area (TPSA) is 119 Å². The van der Waals surface area contributed by atoms with Gasteiger partial charge in [-0.3, -0.25) is 19.2 Å². The van der Waals surface area contributed by atoms with Gasteiger partial charge >= 0.3 is 5.97 Å². The first-order valence-electron chi connectivity index (χ1n) is 10.6. The first-order valence-corrected chi connectivity index (χ1v) is 10.6. The van der Waals surface area contributed by atoms with Gasteiger partial charge in [0.05, 0.1) is 29.5 Å². The summed E-state index contributed by atoms with van der Waals surface area (Å²) in [6, 6.07) is 13.6. The molecular weight excluding hydrogens is 471 g/mol. The number of imide groups is 1. The SMILES string of the molecule is COc1ccc(C(=O)COC(=O)c2ccc3c(c2)C(=O)N(c2ccc(NC(C)=O)cc2)C3=O)cc1F. The first-order chi connectivity index (χ1) is 17.2. The predicted octanol–water partition coefficient (Wildman–Crippen LogP) is 3.63. The van der Waals surface area contributed by atoms with Crippen molar-refractivity contribution in [3.05, 3.63) is 88.7 Å². The summed E-state index contributed by atoms with van der Waals surface area (Å²) in [6.45, 7) is 0.705. The second-order valence-corrected chi connectivity index (χ2v) is 7.78. The lowest BCUT2D eigenvalue weighted by molar-refractivity contribution is -0.114. The standard InChI is InChI=1S/C26H19FN2O7/c1-14(30)28-17-5-7-18(8-6-17)29-24(32)19-9-3-16(11-20(19)25(29)33)26(34)36-13-22(31)15-4-10-23(35-2)21(27)12-15/h3-12H,13H2,1-2H3,(H,28,30). The average molecular weight is 490 g/mol. The van der Waals surface area contributed by atoms with Gasteiger partial charge in [0.1, 0.15) is 0 Å². The highest BCUT2D eigenvalue weighted by Crippen LogP contribution is 2.30. The summed E-state index contributed by atoms with van der Waals surface area (Å²) in [6.07, 6.45) is 0. The molecule has 182 valence electrons. The van der Waals surface area contributed by atoms with Crippen LogP contribution in [-0.4, -0.2) is 43.2 Å². The van der Waals surface area contributed by atoms with Gasteiger partial charge in [-0.2, -0.15) is 0 Å². The fourth-order valence-corrected chi connectivity index (χ4v) is 3.64. The van der Waals surface area contributed by atoms with Gasteiger partial charge < -0.3 is 14.8 Å². The highest BCUT2D eigenvalue weighted by atomic mass is 19.1. The zero-order valence-corrected chi connectivity index (χ0v) is 19.2. The number of fused-ring (bicyclic) bond motifs is 1. The maximum atomic E-state index is 13.8. The molecule has 1 N–H and O–H groups in total. The number of hydrogen-bond donors (Lipinski definition) is 1. The number of amides is 3. The molecule has 0 radical (unpaired) electrons. The van der Waals surface area contributed by atoms with Crippen LogP contribution in [-0.2, 0) is 9.53 Å². The van der Waals surface area contributed by atoms with E-state index in [4.69, 9.17) is 9.47 Å². The molecule has 0 unspecified atom stereocenters. The fourth-order valence-electron chi connectivity index (χ4n) is 3.64. The van der Waals surface area contributed by atoms with Gasteiger partial charge in [-0.1, -0.05) is 0 Å². The van der Waals surface area contributed by atoms with Crippen molar-refractivity contribution >= 4 is 40.8 Å². The number of benzene rings is 3. The van der Waals surface area contributed by atoms with Crippen molar-refractivity contribution in [3.63, 3.8) is 0 Å². The molecule has 0 saturated heterocycles. The van der Waals surface area contributed by atoms with Gasteiger partial charge in [-0.15, -0.1) is 0 Å². The van der Waals surface area contributed by atoms with Gasteiger partial charge in [0.2, 0.25) is 5.91 Å². The minimum Gasteiger partial charge on any atom is -0.494 e. The number of carbonyl (C=O) groups is 5. The molecule has 0 aromatic heterocycles. The Morgan fingerprint density at radius 1 is 0.889 bits per heavy atom. The third kappa shape index (κ3) is 4.69. The lowest BCUT2D eigenvalue weighted by Crippen LogP contribution is -2.29. The number of esters is 1. The van der Waals surface area contributed by atoms with E-state index in [0.29, 0.717) is 5.69 Å². The van der Waals surface area contributed by atoms with Crippen molar-refractivity contribution in [1.29, 1.82) is 0 Å². The molecule has 4 rings (SSSR count). The van der Waals surface area contributed by atoms with E-state index in [1.54, 1.807) is 12.1 Å². The number of nitrogens with one attached hydrogen (secondary N) is 1. The number of carbonyl (C=O) groups excluding carboxylic acids is 5. The van der Waals surface area contributed by atoms with Crippen molar-refractivity contribution in [2.75, 3.05) is 23.9 Å². The second-order valence-electron chi connectivity index (χ2n) is 7.78. The minimum atomic E-state index is -0.890. The molecule has 36 heavy (non-hydrogen) atoms. The number of ether oxygens (including phenoxy) is 2. The highest BCUT2D eigenvalue weighted by Gasteiger charge is 2.37. The van der Waals surface area contributed by atoms with E-state index in [0.717, 1.165) is 11.0 Å². The summed E-state index contributed by atoms with van der Waals surface area (Å²) < 4.78 is 23.7. The van der Waals surface area contributed by atoms with Crippen molar-refractivity contribution < 1.29 is 37.8 Å². The van der Waals surface area contributed by atoms with E-state index in [-0.39, 0.29) is 39.6 Å². The number of anilines is 2. The molecule has 0 aliphatic carbocycles. The van der Waals surface area contributed by atoms with Crippen LogP contribution in [0.4, 0.5) is 15.8 Å². The Morgan fingerprint density at radius 2 is 1.56 bits per heavy atom. The highest BCUT2D eigenvalue weighted by molar-refractivity contribution is 6.34. The lowest BCUT2D eigenvalue weighted by Gasteiger charge is -2.14. The third-order valence-electron chi connectivity index (χ3n) is 5.38. The van der Waals surface area contributed by atoms with Crippen LogP contribution >= 0.6 is 0 Å². The van der Waals surface area contributed by atoms with Gasteiger partial charge in [-0.25, -0.2) is 14.1 Å². The molecule has 0 fully saturated rings. The van der Waals surface area contributed by atoms with Crippen LogP contribution < -0.4 is 15.0 Å². The largest absolute Gasteiger partial charge is 0.494 e. The zero-order valence-electron chi connectivity index (χ0n) is 19.2. The molecule has 0 bridgehead atoms. The van der Waals surface area contributed by atoms with Gasteiger partial charge in [0.15, 0.2) is 24.0 Å². The van der Waals surface area contributed by atoms with Crippen molar-refractivity contribution in [3.8, 4) is 5.75 Å². The van der Waals surface area contributed by atoms with E-state index < -0.39 is 36.0 Å². The molecular formula is C26H19FN2O7. The minimum absolute atomic E-state index is 0.00365. The van der Waals surface area contributed by atoms with Crippen molar-refractivity contribution in [1.82, 2.24) is 0 Å². The number of ketones is 1. The average Bonchev–Trinajstić information content (AvgIpc) is 3.11. The quantitative estimate of drug-likeness (QED) is 0.305. The van der Waals surface area contributed by atoms with Crippen LogP contribution in [0.3, 0.4) is 0 Å². The van der Waals surface area contributed by atoms with Crippen LogP contribution in [0.25, 0.3) is 0 Å². The molecule has 0 saturated carbocycles. The maximum Gasteiger partial charge on any atom is 0.338 e. The molecule has 3 aromatic rings. The van der Waals surface area contributed by atoms with E-state index >= 15 is 0 Å². The smallest absolute Gasteiger partial charge is 0.338 e. The first kappa shape index (κ1) is 24.3. The maximum absolute atomic E-state index is 13.8. The van der Waals surface area contributed by atoms with Gasteiger partial charge in [0.25, 0.3) is 11.8 Å². The summed E-state index contributed by atoms with van der Waals surface area (Å²) in [5.74, 6) is -3.75. The summed E-state index contributed by atoms with van der Waals surface area (Å²) in [5.41, 5.74) is 0.857. The molecule has 9 nitrogen and oxygen atoms in total. The van der Waals surface area contributed by atoms with Crippen LogP contribution in [0.15, 0.2) is 60.7 Å². The molecule has 1 heterocycles. The Balaban J connectivity index is 1.47. The fraction of sp³-hybridized carbons (Fsp3) is 0.115. The van der Waals surface area contributed by atoms with Crippen LogP contribution in [0.1, 0.15) is 48.4 Å². The summed E-state index contributed by atoms with van der Waals surface area (Å²) in [4.78, 5) is 62.7.